The summed E-state index contributed by atoms with van der Waals surface area (Å²) in [5.74, 6) is 2.19. The molecule has 36 heavy (non-hydrogen) atoms. The number of halogens is 1. The van der Waals surface area contributed by atoms with Crippen molar-refractivity contribution in [3.05, 3.63) is 91.8 Å². The first-order valence-electron chi connectivity index (χ1n) is 11.7. The number of hydrogen-bond acceptors (Lipinski definition) is 6. The quantitative estimate of drug-likeness (QED) is 0.278. The lowest BCUT2D eigenvalue weighted by Gasteiger charge is -2.17. The summed E-state index contributed by atoms with van der Waals surface area (Å²) in [7, 11) is 1.63. The van der Waals surface area contributed by atoms with Gasteiger partial charge in [0.05, 0.1) is 24.2 Å². The van der Waals surface area contributed by atoms with E-state index >= 15 is 0 Å². The maximum Gasteiger partial charge on any atom is 0.273 e. The van der Waals surface area contributed by atoms with Gasteiger partial charge < -0.3 is 9.47 Å². The maximum absolute atomic E-state index is 13.5. The minimum Gasteiger partial charge on any atom is -0.497 e. The Hall–Kier alpha value is -3.52. The average Bonchev–Trinajstić information content (AvgIpc) is 2.87. The Balaban J connectivity index is 1.73. The Bertz CT molecular complexity index is 1480. The van der Waals surface area contributed by atoms with Gasteiger partial charge in [0.15, 0.2) is 0 Å². The Labute approximate surface area is 219 Å². The second-order valence-corrected chi connectivity index (χ2v) is 9.81. The molecule has 0 bridgehead atoms. The summed E-state index contributed by atoms with van der Waals surface area (Å²) in [6.07, 6.45) is 3.59. The van der Waals surface area contributed by atoms with Crippen LogP contribution < -0.4 is 15.0 Å². The zero-order valence-corrected chi connectivity index (χ0v) is 22.9. The summed E-state index contributed by atoms with van der Waals surface area (Å²) in [6.45, 7) is 10.2. The minimum atomic E-state index is -0.210. The second-order valence-electron chi connectivity index (χ2n) is 9.02. The maximum atomic E-state index is 13.5. The molecular formula is C28H29BrN4O3. The van der Waals surface area contributed by atoms with Crippen LogP contribution in [0.15, 0.2) is 58.1 Å². The molecular weight excluding hydrogens is 520 g/mol. The van der Waals surface area contributed by atoms with Gasteiger partial charge in [0.2, 0.25) is 0 Å². The molecule has 4 aromatic rings. The molecule has 0 aliphatic rings. The number of hydrogen-bond donors (Lipinski definition) is 0. The fourth-order valence-electron chi connectivity index (χ4n) is 3.89. The average molecular weight is 549 g/mol. The highest BCUT2D eigenvalue weighted by atomic mass is 79.9. The van der Waals surface area contributed by atoms with E-state index in [-0.39, 0.29) is 11.5 Å². The van der Waals surface area contributed by atoms with Gasteiger partial charge in [-0.2, -0.15) is 0 Å². The van der Waals surface area contributed by atoms with Crippen molar-refractivity contribution in [1.82, 2.24) is 19.5 Å². The monoisotopic (exact) mass is 548 g/mol. The lowest BCUT2D eigenvalue weighted by molar-refractivity contribution is 0.302. The van der Waals surface area contributed by atoms with Crippen LogP contribution in [0, 0.1) is 20.8 Å². The van der Waals surface area contributed by atoms with Gasteiger partial charge in [-0.3, -0.25) is 14.3 Å². The summed E-state index contributed by atoms with van der Waals surface area (Å²) in [4.78, 5) is 27.3. The number of benzene rings is 1. The van der Waals surface area contributed by atoms with Gasteiger partial charge in [0, 0.05) is 30.1 Å². The van der Waals surface area contributed by atoms with Crippen LogP contribution in [0.3, 0.4) is 0 Å². The number of ether oxygens (including phenoxy) is 2. The number of aryl methyl sites for hydroxylation is 3. The number of pyridine rings is 2. The Morgan fingerprint density at radius 3 is 2.50 bits per heavy atom. The third-order valence-corrected chi connectivity index (χ3v) is 6.62. The predicted octanol–water partition coefficient (Wildman–Crippen LogP) is 6.09. The number of aromatic nitrogens is 4. The van der Waals surface area contributed by atoms with Crippen LogP contribution >= 0.6 is 15.9 Å². The molecule has 0 amide bonds. The fraction of sp³-hybridized carbons (Fsp3) is 0.286. The minimum absolute atomic E-state index is 0.194. The van der Waals surface area contributed by atoms with Crippen molar-refractivity contribution in [2.75, 3.05) is 7.11 Å². The summed E-state index contributed by atoms with van der Waals surface area (Å²) in [6, 6.07) is 11.4. The molecule has 4 rings (SSSR count). The largest absolute Gasteiger partial charge is 0.497 e. The van der Waals surface area contributed by atoms with Gasteiger partial charge in [-0.25, -0.2) is 9.97 Å². The first kappa shape index (κ1) is 25.6. The van der Waals surface area contributed by atoms with E-state index in [4.69, 9.17) is 14.5 Å². The highest BCUT2D eigenvalue weighted by Gasteiger charge is 2.18. The first-order valence-corrected chi connectivity index (χ1v) is 12.5. The number of nitrogens with zero attached hydrogens (tertiary/aromatic N) is 4. The molecule has 0 saturated carbocycles. The van der Waals surface area contributed by atoms with Crippen molar-refractivity contribution in [3.8, 4) is 28.6 Å². The van der Waals surface area contributed by atoms with Crippen LogP contribution in [0.1, 0.15) is 48.0 Å². The van der Waals surface area contributed by atoms with Crippen molar-refractivity contribution in [2.24, 2.45) is 0 Å². The van der Waals surface area contributed by atoms with E-state index in [0.29, 0.717) is 22.5 Å². The summed E-state index contributed by atoms with van der Waals surface area (Å²) < 4.78 is 13.3. The van der Waals surface area contributed by atoms with Gasteiger partial charge in [-0.05, 0) is 71.6 Å². The molecule has 7 nitrogen and oxygen atoms in total. The normalized spacial score (nSPS) is 11.1. The van der Waals surface area contributed by atoms with E-state index in [1.54, 1.807) is 17.9 Å². The summed E-state index contributed by atoms with van der Waals surface area (Å²) in [5.41, 5.74) is 5.47. The van der Waals surface area contributed by atoms with Crippen LogP contribution in [0.25, 0.3) is 17.1 Å². The zero-order chi connectivity index (χ0) is 26.0. The molecule has 0 saturated heterocycles. The standard InChI is InChI=1S/C28H29BrN4O3/c1-16(2)27-31-14-18(4)26(32-27)22-12-23(17(3)13-30-22)33-19(5)10-24(25(29)28(33)34)36-15-20-8-7-9-21(11-20)35-6/h7-14,16H,15H2,1-6H3. The lowest BCUT2D eigenvalue weighted by Crippen LogP contribution is -2.23. The molecule has 0 radical (unpaired) electrons. The molecule has 0 aliphatic heterocycles. The van der Waals surface area contributed by atoms with Crippen LogP contribution in [-0.4, -0.2) is 26.6 Å². The summed E-state index contributed by atoms with van der Waals surface area (Å²) in [5, 5.41) is 0. The van der Waals surface area contributed by atoms with E-state index in [2.05, 4.69) is 39.7 Å². The highest BCUT2D eigenvalue weighted by Crippen LogP contribution is 2.28. The zero-order valence-electron chi connectivity index (χ0n) is 21.3. The van der Waals surface area contributed by atoms with Crippen molar-refractivity contribution in [3.63, 3.8) is 0 Å². The molecule has 3 heterocycles. The second kappa shape index (κ2) is 10.6. The number of rotatable bonds is 7. The third-order valence-electron chi connectivity index (χ3n) is 5.89. The van der Waals surface area contributed by atoms with Crippen LogP contribution in [0.2, 0.25) is 0 Å². The first-order chi connectivity index (χ1) is 17.2. The molecule has 0 N–H and O–H groups in total. The van der Waals surface area contributed by atoms with Gasteiger partial charge in [0.1, 0.15) is 28.4 Å². The van der Waals surface area contributed by atoms with E-state index in [1.807, 2.05) is 63.4 Å². The molecule has 0 aliphatic carbocycles. The number of methoxy groups -OCH3 is 1. The molecule has 0 atom stereocenters. The van der Waals surface area contributed by atoms with E-state index in [1.165, 1.54) is 0 Å². The molecule has 0 unspecified atom stereocenters. The smallest absolute Gasteiger partial charge is 0.273 e. The van der Waals surface area contributed by atoms with Crippen molar-refractivity contribution >= 4 is 15.9 Å². The molecule has 8 heteroatoms. The van der Waals surface area contributed by atoms with Crippen molar-refractivity contribution in [1.29, 1.82) is 0 Å². The third kappa shape index (κ3) is 5.18. The molecule has 1 aromatic carbocycles. The molecule has 186 valence electrons. The van der Waals surface area contributed by atoms with Gasteiger partial charge in [-0.1, -0.05) is 26.0 Å². The van der Waals surface area contributed by atoms with E-state index in [9.17, 15) is 4.79 Å². The van der Waals surface area contributed by atoms with Gasteiger partial charge in [0.25, 0.3) is 5.56 Å². The molecule has 0 fully saturated rings. The topological polar surface area (TPSA) is 79.1 Å². The van der Waals surface area contributed by atoms with Crippen molar-refractivity contribution < 1.29 is 9.47 Å². The van der Waals surface area contributed by atoms with Crippen LogP contribution in [-0.2, 0) is 6.61 Å². The predicted molar refractivity (Wildman–Crippen MR) is 144 cm³/mol. The van der Waals surface area contributed by atoms with Crippen LogP contribution in [0.4, 0.5) is 0 Å². The lowest BCUT2D eigenvalue weighted by atomic mass is 10.1. The SMILES string of the molecule is COc1cccc(COc2cc(C)n(-c3cc(-c4nc(C(C)C)ncc4C)ncc3C)c(=O)c2Br)c1. The Morgan fingerprint density at radius 1 is 1.03 bits per heavy atom. The Morgan fingerprint density at radius 2 is 1.78 bits per heavy atom. The van der Waals surface area contributed by atoms with E-state index in [0.717, 1.165) is 45.3 Å². The van der Waals surface area contributed by atoms with E-state index < -0.39 is 0 Å². The van der Waals surface area contributed by atoms with Gasteiger partial charge in [-0.15, -0.1) is 0 Å². The van der Waals surface area contributed by atoms with Gasteiger partial charge >= 0.3 is 0 Å². The fourth-order valence-corrected chi connectivity index (χ4v) is 4.29. The summed E-state index contributed by atoms with van der Waals surface area (Å²) >= 11 is 3.47. The molecule has 3 aromatic heterocycles. The van der Waals surface area contributed by atoms with Crippen molar-refractivity contribution in [2.45, 2.75) is 47.1 Å². The van der Waals surface area contributed by atoms with Crippen LogP contribution in [0.5, 0.6) is 11.5 Å². The Kier molecular flexibility index (Phi) is 7.54. The highest BCUT2D eigenvalue weighted by molar-refractivity contribution is 9.10. The molecule has 0 spiro atoms.